The molecule has 0 bridgehead atoms. The average molecular weight is 224 g/mol. The Morgan fingerprint density at radius 3 is 2.80 bits per heavy atom. The van der Waals surface area contributed by atoms with Gasteiger partial charge < -0.3 is 10.1 Å². The van der Waals surface area contributed by atoms with Crippen LogP contribution in [0, 0.1) is 17.0 Å². The van der Waals surface area contributed by atoms with E-state index in [1.54, 1.807) is 7.05 Å². The van der Waals surface area contributed by atoms with Crippen molar-refractivity contribution in [3.05, 3.63) is 26.7 Å². The number of thiazole rings is 1. The summed E-state index contributed by atoms with van der Waals surface area (Å²) in [5, 5.41) is 13.3. The SMILES string of the molecule is Cc1nc(-c2ncc([N+](=O)[O-])n2C)cs1. The molecule has 15 heavy (non-hydrogen) atoms. The Balaban J connectivity index is 2.50. The zero-order valence-corrected chi connectivity index (χ0v) is 8.98. The third kappa shape index (κ3) is 1.61. The van der Waals surface area contributed by atoms with Crippen molar-refractivity contribution in [3.63, 3.8) is 0 Å². The van der Waals surface area contributed by atoms with Crippen molar-refractivity contribution in [2.75, 3.05) is 0 Å². The van der Waals surface area contributed by atoms with Gasteiger partial charge in [-0.15, -0.1) is 11.3 Å². The molecule has 2 aromatic heterocycles. The molecule has 0 aromatic carbocycles. The lowest BCUT2D eigenvalue weighted by Crippen LogP contribution is -1.98. The van der Waals surface area contributed by atoms with E-state index in [-0.39, 0.29) is 5.82 Å². The lowest BCUT2D eigenvalue weighted by Gasteiger charge is -1.94. The van der Waals surface area contributed by atoms with E-state index < -0.39 is 4.92 Å². The van der Waals surface area contributed by atoms with Gasteiger partial charge in [0.25, 0.3) is 0 Å². The van der Waals surface area contributed by atoms with Crippen LogP contribution in [0.1, 0.15) is 5.01 Å². The highest BCUT2D eigenvalue weighted by Gasteiger charge is 2.19. The van der Waals surface area contributed by atoms with Gasteiger partial charge in [0.05, 0.1) is 12.1 Å². The first-order chi connectivity index (χ1) is 7.09. The van der Waals surface area contributed by atoms with Crippen LogP contribution >= 0.6 is 11.3 Å². The summed E-state index contributed by atoms with van der Waals surface area (Å²) in [6.07, 6.45) is 1.24. The molecule has 0 amide bonds. The molecule has 2 rings (SSSR count). The summed E-state index contributed by atoms with van der Waals surface area (Å²) >= 11 is 1.49. The molecule has 78 valence electrons. The number of hydrogen-bond acceptors (Lipinski definition) is 5. The van der Waals surface area contributed by atoms with Gasteiger partial charge >= 0.3 is 5.82 Å². The van der Waals surface area contributed by atoms with Gasteiger partial charge in [-0.2, -0.15) is 0 Å². The van der Waals surface area contributed by atoms with E-state index in [0.29, 0.717) is 11.5 Å². The van der Waals surface area contributed by atoms with Crippen LogP contribution in [0.5, 0.6) is 0 Å². The van der Waals surface area contributed by atoms with E-state index in [1.807, 2.05) is 12.3 Å². The van der Waals surface area contributed by atoms with Gasteiger partial charge in [0, 0.05) is 5.38 Å². The van der Waals surface area contributed by atoms with Crippen LogP contribution in [0.15, 0.2) is 11.6 Å². The quantitative estimate of drug-likeness (QED) is 0.575. The first-order valence-electron chi connectivity index (χ1n) is 4.18. The van der Waals surface area contributed by atoms with Crippen LogP contribution in [0.4, 0.5) is 5.82 Å². The molecule has 0 aliphatic rings. The van der Waals surface area contributed by atoms with E-state index in [2.05, 4.69) is 9.97 Å². The van der Waals surface area contributed by atoms with Gasteiger partial charge in [0.2, 0.25) is 5.82 Å². The molecule has 0 fully saturated rings. The maximum absolute atomic E-state index is 10.6. The van der Waals surface area contributed by atoms with E-state index in [1.165, 1.54) is 22.1 Å². The second kappa shape index (κ2) is 3.43. The van der Waals surface area contributed by atoms with Gasteiger partial charge in [0.1, 0.15) is 11.9 Å². The third-order valence-electron chi connectivity index (χ3n) is 2.00. The number of aryl methyl sites for hydroxylation is 1. The van der Waals surface area contributed by atoms with Crippen molar-refractivity contribution in [2.24, 2.45) is 7.05 Å². The lowest BCUT2D eigenvalue weighted by atomic mass is 10.4. The Kier molecular flexibility index (Phi) is 2.24. The van der Waals surface area contributed by atoms with Gasteiger partial charge in [-0.05, 0) is 11.8 Å². The molecule has 0 aliphatic carbocycles. The highest BCUT2D eigenvalue weighted by molar-refractivity contribution is 7.09. The third-order valence-corrected chi connectivity index (χ3v) is 2.77. The predicted molar refractivity (Wildman–Crippen MR) is 55.7 cm³/mol. The number of hydrogen-bond donors (Lipinski definition) is 0. The van der Waals surface area contributed by atoms with Crippen molar-refractivity contribution in [3.8, 4) is 11.5 Å². The zero-order chi connectivity index (χ0) is 11.0. The van der Waals surface area contributed by atoms with E-state index in [9.17, 15) is 10.1 Å². The molecule has 0 aliphatic heterocycles. The molecule has 0 spiro atoms. The summed E-state index contributed by atoms with van der Waals surface area (Å²) in [4.78, 5) is 18.3. The number of nitro groups is 1. The first-order valence-corrected chi connectivity index (χ1v) is 5.06. The monoisotopic (exact) mass is 224 g/mol. The number of nitrogens with zero attached hydrogens (tertiary/aromatic N) is 4. The minimum atomic E-state index is -0.463. The Hall–Kier alpha value is -1.76. The molecule has 0 N–H and O–H groups in total. The summed E-state index contributed by atoms with van der Waals surface area (Å²) in [7, 11) is 1.61. The summed E-state index contributed by atoms with van der Waals surface area (Å²) < 4.78 is 1.43. The van der Waals surface area contributed by atoms with Gasteiger partial charge in [-0.3, -0.25) is 0 Å². The highest BCUT2D eigenvalue weighted by atomic mass is 32.1. The highest BCUT2D eigenvalue weighted by Crippen LogP contribution is 2.23. The predicted octanol–water partition coefficient (Wildman–Crippen LogP) is 1.76. The minimum absolute atomic E-state index is 0.0318. The van der Waals surface area contributed by atoms with Gasteiger partial charge in [-0.1, -0.05) is 0 Å². The van der Waals surface area contributed by atoms with Gasteiger partial charge in [0.15, 0.2) is 0 Å². The number of imidazole rings is 1. The normalized spacial score (nSPS) is 10.5. The molecule has 0 radical (unpaired) electrons. The van der Waals surface area contributed by atoms with Crippen molar-refractivity contribution in [1.82, 2.24) is 14.5 Å². The fourth-order valence-electron chi connectivity index (χ4n) is 1.27. The van der Waals surface area contributed by atoms with Crippen molar-refractivity contribution >= 4 is 17.2 Å². The molecule has 7 heteroatoms. The van der Waals surface area contributed by atoms with E-state index >= 15 is 0 Å². The maximum atomic E-state index is 10.6. The Bertz CT molecular complexity index is 516. The molecule has 6 nitrogen and oxygen atoms in total. The fourth-order valence-corrected chi connectivity index (χ4v) is 1.87. The Morgan fingerprint density at radius 2 is 2.33 bits per heavy atom. The second-order valence-corrected chi connectivity index (χ2v) is 4.07. The summed E-state index contributed by atoms with van der Waals surface area (Å²) in [5.74, 6) is 0.488. The Labute approximate surface area is 89.4 Å². The molecule has 2 heterocycles. The molecule has 0 saturated heterocycles. The molecular formula is C8H8N4O2S. The largest absolute Gasteiger partial charge is 0.358 e. The van der Waals surface area contributed by atoms with Crippen LogP contribution in [-0.4, -0.2) is 19.5 Å². The van der Waals surface area contributed by atoms with E-state index in [0.717, 1.165) is 5.01 Å². The number of aromatic nitrogens is 3. The second-order valence-electron chi connectivity index (χ2n) is 3.01. The maximum Gasteiger partial charge on any atom is 0.342 e. The molecule has 0 atom stereocenters. The fraction of sp³-hybridized carbons (Fsp3) is 0.250. The van der Waals surface area contributed by atoms with Gasteiger partial charge in [-0.25, -0.2) is 14.5 Å². The number of rotatable bonds is 2. The molecule has 0 unspecified atom stereocenters. The van der Waals surface area contributed by atoms with Crippen LogP contribution in [-0.2, 0) is 7.05 Å². The summed E-state index contributed by atoms with van der Waals surface area (Å²) in [6, 6.07) is 0. The lowest BCUT2D eigenvalue weighted by molar-refractivity contribution is -0.391. The first kappa shape index (κ1) is 9.78. The van der Waals surface area contributed by atoms with Crippen molar-refractivity contribution < 1.29 is 4.92 Å². The van der Waals surface area contributed by atoms with E-state index in [4.69, 9.17) is 0 Å². The van der Waals surface area contributed by atoms with Crippen molar-refractivity contribution in [1.29, 1.82) is 0 Å². The van der Waals surface area contributed by atoms with Crippen LogP contribution in [0.25, 0.3) is 11.5 Å². The molecule has 2 aromatic rings. The van der Waals surface area contributed by atoms with Crippen LogP contribution in [0.3, 0.4) is 0 Å². The average Bonchev–Trinajstić information content (AvgIpc) is 2.71. The summed E-state index contributed by atoms with van der Waals surface area (Å²) in [5.41, 5.74) is 0.674. The van der Waals surface area contributed by atoms with Crippen LogP contribution < -0.4 is 0 Å². The molecular weight excluding hydrogens is 216 g/mol. The smallest absolute Gasteiger partial charge is 0.342 e. The summed E-state index contributed by atoms with van der Waals surface area (Å²) in [6.45, 7) is 1.88. The zero-order valence-electron chi connectivity index (χ0n) is 8.17. The van der Waals surface area contributed by atoms with Crippen LogP contribution in [0.2, 0.25) is 0 Å². The minimum Gasteiger partial charge on any atom is -0.358 e. The standard InChI is InChI=1S/C8H8N4O2S/c1-5-10-6(4-15-5)8-9-3-7(11(8)2)12(13)14/h3-4H,1-2H3. The topological polar surface area (TPSA) is 73.8 Å². The molecule has 0 saturated carbocycles. The van der Waals surface area contributed by atoms with Crippen molar-refractivity contribution in [2.45, 2.75) is 6.92 Å². The Morgan fingerprint density at radius 1 is 1.60 bits per heavy atom.